The number of hydrogen-bond acceptors (Lipinski definition) is 3. The molecule has 0 unspecified atom stereocenters. The molecule has 0 bridgehead atoms. The summed E-state index contributed by atoms with van der Waals surface area (Å²) in [4.78, 5) is 12.4. The van der Waals surface area contributed by atoms with Crippen molar-refractivity contribution in [2.24, 2.45) is 5.10 Å². The van der Waals surface area contributed by atoms with E-state index in [0.717, 1.165) is 5.56 Å². The predicted octanol–water partition coefficient (Wildman–Crippen LogP) is 2.99. The van der Waals surface area contributed by atoms with Gasteiger partial charge in [-0.15, -0.1) is 11.8 Å². The Bertz CT molecular complexity index is 478. The molecule has 1 aromatic rings. The number of hydrazone groups is 1. The largest absolute Gasteiger partial charge is 0.268 e. The SMILES string of the molecule is C/C=C/C=C/C(=O)N/N=C/c1cccc(SC)c1. The zero-order chi connectivity index (χ0) is 13.2. The summed E-state index contributed by atoms with van der Waals surface area (Å²) < 4.78 is 0. The Morgan fingerprint density at radius 3 is 2.94 bits per heavy atom. The molecule has 0 spiro atoms. The third-order valence-electron chi connectivity index (χ3n) is 2.03. The standard InChI is InChI=1S/C14H16N2OS/c1-3-4-5-9-14(17)16-15-11-12-7-6-8-13(10-12)18-2/h3-11H,1-2H3,(H,16,17)/b4-3+,9-5+,15-11+. The van der Waals surface area contributed by atoms with Crippen LogP contribution < -0.4 is 5.43 Å². The second-order valence-electron chi connectivity index (χ2n) is 3.40. The van der Waals surface area contributed by atoms with Crippen molar-refractivity contribution >= 4 is 23.9 Å². The van der Waals surface area contributed by atoms with Crippen LogP contribution in [0.25, 0.3) is 0 Å². The Hall–Kier alpha value is -1.81. The lowest BCUT2D eigenvalue weighted by Crippen LogP contribution is -2.13. The topological polar surface area (TPSA) is 41.5 Å². The van der Waals surface area contributed by atoms with Crippen molar-refractivity contribution < 1.29 is 4.79 Å². The normalized spacial score (nSPS) is 11.7. The molecule has 0 fully saturated rings. The summed E-state index contributed by atoms with van der Waals surface area (Å²) in [5.74, 6) is -0.245. The highest BCUT2D eigenvalue weighted by Gasteiger charge is 1.92. The van der Waals surface area contributed by atoms with Crippen molar-refractivity contribution in [1.82, 2.24) is 5.43 Å². The molecule has 1 N–H and O–H groups in total. The first-order valence-electron chi connectivity index (χ1n) is 5.52. The van der Waals surface area contributed by atoms with Gasteiger partial charge in [-0.3, -0.25) is 4.79 Å². The minimum absolute atomic E-state index is 0.245. The van der Waals surface area contributed by atoms with Gasteiger partial charge in [0.2, 0.25) is 0 Å². The lowest BCUT2D eigenvalue weighted by atomic mass is 10.2. The summed E-state index contributed by atoms with van der Waals surface area (Å²) in [6.45, 7) is 1.89. The fraction of sp³-hybridized carbons (Fsp3) is 0.143. The van der Waals surface area contributed by atoms with Crippen LogP contribution in [0.15, 0.2) is 58.6 Å². The number of rotatable bonds is 5. The van der Waals surface area contributed by atoms with Crippen LogP contribution in [0, 0.1) is 0 Å². The molecule has 0 atom stereocenters. The summed E-state index contributed by atoms with van der Waals surface area (Å²) in [5, 5.41) is 3.89. The van der Waals surface area contributed by atoms with E-state index in [-0.39, 0.29) is 5.91 Å². The zero-order valence-corrected chi connectivity index (χ0v) is 11.3. The first kappa shape index (κ1) is 14.3. The lowest BCUT2D eigenvalue weighted by Gasteiger charge is -1.97. The van der Waals surface area contributed by atoms with Crippen molar-refractivity contribution in [3.8, 4) is 0 Å². The van der Waals surface area contributed by atoms with Crippen LogP contribution in [0.3, 0.4) is 0 Å². The molecule has 0 radical (unpaired) electrons. The van der Waals surface area contributed by atoms with Gasteiger partial charge in [0.1, 0.15) is 0 Å². The molecule has 0 saturated heterocycles. The lowest BCUT2D eigenvalue weighted by molar-refractivity contribution is -0.116. The molecule has 0 aliphatic carbocycles. The van der Waals surface area contributed by atoms with Gasteiger partial charge in [-0.05, 0) is 30.9 Å². The van der Waals surface area contributed by atoms with Crippen LogP contribution in [0.1, 0.15) is 12.5 Å². The molecule has 94 valence electrons. The number of allylic oxidation sites excluding steroid dienone is 3. The van der Waals surface area contributed by atoms with Gasteiger partial charge in [0.15, 0.2) is 0 Å². The average molecular weight is 260 g/mol. The van der Waals surface area contributed by atoms with Gasteiger partial charge in [0, 0.05) is 11.0 Å². The van der Waals surface area contributed by atoms with E-state index in [0.29, 0.717) is 0 Å². The third kappa shape index (κ3) is 5.50. The highest BCUT2D eigenvalue weighted by atomic mass is 32.2. The van der Waals surface area contributed by atoms with Gasteiger partial charge in [-0.25, -0.2) is 5.43 Å². The Morgan fingerprint density at radius 2 is 2.22 bits per heavy atom. The number of amides is 1. The highest BCUT2D eigenvalue weighted by Crippen LogP contribution is 2.14. The number of hydrogen-bond donors (Lipinski definition) is 1. The maximum atomic E-state index is 11.3. The molecule has 4 heteroatoms. The van der Waals surface area contributed by atoms with E-state index in [9.17, 15) is 4.79 Å². The second-order valence-corrected chi connectivity index (χ2v) is 4.28. The summed E-state index contributed by atoms with van der Waals surface area (Å²) in [6.07, 6.45) is 10.4. The van der Waals surface area contributed by atoms with E-state index in [2.05, 4.69) is 10.5 Å². The zero-order valence-electron chi connectivity index (χ0n) is 10.5. The molecule has 0 saturated carbocycles. The van der Waals surface area contributed by atoms with Gasteiger partial charge < -0.3 is 0 Å². The molecule has 0 aliphatic heterocycles. The second kappa shape index (κ2) is 8.31. The Labute approximate surface area is 112 Å². The van der Waals surface area contributed by atoms with E-state index in [1.807, 2.05) is 43.5 Å². The number of benzene rings is 1. The van der Waals surface area contributed by atoms with Gasteiger partial charge in [0.05, 0.1) is 6.21 Å². The van der Waals surface area contributed by atoms with Crippen LogP contribution in [0.2, 0.25) is 0 Å². The molecule has 0 heterocycles. The van der Waals surface area contributed by atoms with Crippen LogP contribution in [0.4, 0.5) is 0 Å². The first-order chi connectivity index (χ1) is 8.76. The third-order valence-corrected chi connectivity index (χ3v) is 2.76. The maximum absolute atomic E-state index is 11.3. The quantitative estimate of drug-likeness (QED) is 0.291. The maximum Gasteiger partial charge on any atom is 0.264 e. The van der Waals surface area contributed by atoms with Gasteiger partial charge in [-0.2, -0.15) is 5.10 Å². The number of carbonyl (C=O) groups excluding carboxylic acids is 1. The van der Waals surface area contributed by atoms with E-state index in [4.69, 9.17) is 0 Å². The van der Waals surface area contributed by atoms with E-state index >= 15 is 0 Å². The number of carbonyl (C=O) groups is 1. The molecule has 1 amide bonds. The van der Waals surface area contributed by atoms with Crippen LogP contribution in [0.5, 0.6) is 0 Å². The molecule has 1 aromatic carbocycles. The molecule has 3 nitrogen and oxygen atoms in total. The highest BCUT2D eigenvalue weighted by molar-refractivity contribution is 7.98. The smallest absolute Gasteiger partial charge is 0.264 e. The van der Waals surface area contributed by atoms with Gasteiger partial charge in [-0.1, -0.05) is 30.4 Å². The molecule has 18 heavy (non-hydrogen) atoms. The van der Waals surface area contributed by atoms with E-state index in [1.165, 1.54) is 11.0 Å². The summed E-state index contributed by atoms with van der Waals surface area (Å²) in [6, 6.07) is 7.93. The number of nitrogens with one attached hydrogen (secondary N) is 1. The van der Waals surface area contributed by atoms with Crippen molar-refractivity contribution in [3.05, 3.63) is 54.1 Å². The van der Waals surface area contributed by atoms with Crippen LogP contribution in [-0.2, 0) is 4.79 Å². The first-order valence-corrected chi connectivity index (χ1v) is 6.75. The molecule has 1 rings (SSSR count). The summed E-state index contributed by atoms with van der Waals surface area (Å²) in [5.41, 5.74) is 3.39. The monoisotopic (exact) mass is 260 g/mol. The molecule has 0 aromatic heterocycles. The minimum Gasteiger partial charge on any atom is -0.268 e. The number of thioether (sulfide) groups is 1. The summed E-state index contributed by atoms with van der Waals surface area (Å²) in [7, 11) is 0. The molecular formula is C14H16N2OS. The Balaban J connectivity index is 2.51. The van der Waals surface area contributed by atoms with Crippen molar-refractivity contribution in [2.75, 3.05) is 6.26 Å². The van der Waals surface area contributed by atoms with E-state index < -0.39 is 0 Å². The predicted molar refractivity (Wildman–Crippen MR) is 77.9 cm³/mol. The molecule has 0 aliphatic rings. The fourth-order valence-corrected chi connectivity index (χ4v) is 1.65. The Morgan fingerprint density at radius 1 is 1.39 bits per heavy atom. The Kier molecular flexibility index (Phi) is 6.58. The van der Waals surface area contributed by atoms with Gasteiger partial charge in [0.25, 0.3) is 5.91 Å². The van der Waals surface area contributed by atoms with Gasteiger partial charge >= 0.3 is 0 Å². The van der Waals surface area contributed by atoms with Crippen molar-refractivity contribution in [2.45, 2.75) is 11.8 Å². The van der Waals surface area contributed by atoms with Crippen molar-refractivity contribution in [3.63, 3.8) is 0 Å². The summed E-state index contributed by atoms with van der Waals surface area (Å²) >= 11 is 1.67. The van der Waals surface area contributed by atoms with E-state index in [1.54, 1.807) is 30.1 Å². The molecular weight excluding hydrogens is 244 g/mol. The average Bonchev–Trinajstić information content (AvgIpc) is 2.39. The fourth-order valence-electron chi connectivity index (χ4n) is 1.18. The number of nitrogens with zero attached hydrogens (tertiary/aromatic N) is 1. The minimum atomic E-state index is -0.245. The van der Waals surface area contributed by atoms with Crippen LogP contribution >= 0.6 is 11.8 Å². The van der Waals surface area contributed by atoms with Crippen LogP contribution in [-0.4, -0.2) is 18.4 Å². The van der Waals surface area contributed by atoms with Crippen molar-refractivity contribution in [1.29, 1.82) is 0 Å².